The number of nitrogens with one attached hydrogen (secondary N) is 2. The van der Waals surface area contributed by atoms with Crippen LogP contribution < -0.4 is 10.6 Å². The van der Waals surface area contributed by atoms with Gasteiger partial charge >= 0.3 is 0 Å². The molecule has 0 aliphatic rings. The summed E-state index contributed by atoms with van der Waals surface area (Å²) in [4.78, 5) is 9.54. The maximum Gasteiger partial charge on any atom is 0.191 e. The van der Waals surface area contributed by atoms with Crippen molar-refractivity contribution in [2.75, 3.05) is 13.1 Å². The average Bonchev–Trinajstić information content (AvgIpc) is 3.37. The highest BCUT2D eigenvalue weighted by Crippen LogP contribution is 2.24. The molecule has 2 aromatic heterocycles. The van der Waals surface area contributed by atoms with Crippen LogP contribution in [0.3, 0.4) is 0 Å². The van der Waals surface area contributed by atoms with Crippen LogP contribution in [0.4, 0.5) is 4.39 Å². The molecular formula is C21H26FN5OS. The van der Waals surface area contributed by atoms with E-state index in [0.717, 1.165) is 16.3 Å². The van der Waals surface area contributed by atoms with E-state index in [1.54, 1.807) is 30.0 Å². The molecule has 0 aliphatic heterocycles. The van der Waals surface area contributed by atoms with Crippen LogP contribution in [0.2, 0.25) is 0 Å². The van der Waals surface area contributed by atoms with E-state index in [0.29, 0.717) is 31.3 Å². The molecule has 3 rings (SSSR count). The normalized spacial score (nSPS) is 13.9. The molecule has 0 saturated carbocycles. The highest BCUT2D eigenvalue weighted by atomic mass is 32.1. The maximum atomic E-state index is 14.6. The Hall–Kier alpha value is -2.71. The second-order valence-corrected chi connectivity index (χ2v) is 7.88. The third-order valence-corrected chi connectivity index (χ3v) is 5.64. The highest BCUT2D eigenvalue weighted by molar-refractivity contribution is 7.10. The molecule has 1 unspecified atom stereocenters. The van der Waals surface area contributed by atoms with Crippen LogP contribution in [-0.2, 0) is 12.1 Å². The minimum Gasteiger partial charge on any atom is -0.383 e. The Kier molecular flexibility index (Phi) is 6.66. The monoisotopic (exact) mass is 415 g/mol. The van der Waals surface area contributed by atoms with Gasteiger partial charge in [-0.2, -0.15) is 0 Å². The Labute approximate surface area is 174 Å². The van der Waals surface area contributed by atoms with Crippen molar-refractivity contribution in [2.45, 2.75) is 32.9 Å². The predicted octanol–water partition coefficient (Wildman–Crippen LogP) is 3.34. The first-order chi connectivity index (χ1) is 13.9. The lowest BCUT2D eigenvalue weighted by Gasteiger charge is -2.23. The smallest absolute Gasteiger partial charge is 0.191 e. The van der Waals surface area contributed by atoms with Crippen LogP contribution in [0.5, 0.6) is 0 Å². The number of rotatable bonds is 7. The summed E-state index contributed by atoms with van der Waals surface area (Å²) in [5, 5.41) is 18.9. The molecular weight excluding hydrogens is 389 g/mol. The molecule has 0 spiro atoms. The number of aromatic nitrogens is 2. The van der Waals surface area contributed by atoms with Gasteiger partial charge in [-0.3, -0.25) is 0 Å². The van der Waals surface area contributed by atoms with E-state index in [2.05, 4.69) is 20.6 Å². The number of guanidine groups is 1. The largest absolute Gasteiger partial charge is 0.383 e. The van der Waals surface area contributed by atoms with Gasteiger partial charge in [0.1, 0.15) is 17.2 Å². The average molecular weight is 416 g/mol. The molecule has 29 heavy (non-hydrogen) atoms. The van der Waals surface area contributed by atoms with Crippen molar-refractivity contribution in [1.82, 2.24) is 20.2 Å². The molecule has 3 N–H and O–H groups in total. The van der Waals surface area contributed by atoms with Crippen LogP contribution in [0.25, 0.3) is 5.69 Å². The Morgan fingerprint density at radius 2 is 2.17 bits per heavy atom. The lowest BCUT2D eigenvalue weighted by atomic mass is 10.1. The maximum absolute atomic E-state index is 14.6. The topological polar surface area (TPSA) is 74.5 Å². The van der Waals surface area contributed by atoms with Crippen molar-refractivity contribution in [3.05, 3.63) is 70.2 Å². The third-order valence-electron chi connectivity index (χ3n) is 4.51. The van der Waals surface area contributed by atoms with Crippen molar-refractivity contribution < 1.29 is 9.50 Å². The summed E-state index contributed by atoms with van der Waals surface area (Å²) in [6, 6.07) is 8.90. The SMILES string of the molecule is CCNC(=NCc1ccc(-n2ccnc2C)c(F)c1)NCC(C)(O)c1cccs1. The first-order valence-corrected chi connectivity index (χ1v) is 10.4. The standard InChI is InChI=1S/C21H26FN5OS/c1-4-23-20(26-14-21(3,28)19-6-5-11-29-19)25-13-16-7-8-18(17(22)12-16)27-10-9-24-15(27)2/h5-12,28H,4,13-14H2,1-3H3,(H2,23,25,26). The molecule has 0 radical (unpaired) electrons. The molecule has 6 nitrogen and oxygen atoms in total. The zero-order valence-corrected chi connectivity index (χ0v) is 17.6. The molecule has 2 heterocycles. The van der Waals surface area contributed by atoms with Crippen LogP contribution in [0.1, 0.15) is 30.1 Å². The van der Waals surface area contributed by atoms with E-state index in [-0.39, 0.29) is 5.82 Å². The molecule has 0 amide bonds. The number of imidazole rings is 1. The predicted molar refractivity (Wildman–Crippen MR) is 115 cm³/mol. The molecule has 3 aromatic rings. The number of hydrogen-bond donors (Lipinski definition) is 3. The van der Waals surface area contributed by atoms with E-state index in [1.165, 1.54) is 17.4 Å². The second kappa shape index (κ2) is 9.19. The number of halogens is 1. The number of benzene rings is 1. The first-order valence-electron chi connectivity index (χ1n) is 9.48. The van der Waals surface area contributed by atoms with Crippen molar-refractivity contribution in [2.24, 2.45) is 4.99 Å². The van der Waals surface area contributed by atoms with Crippen molar-refractivity contribution >= 4 is 17.3 Å². The second-order valence-electron chi connectivity index (χ2n) is 6.93. The van der Waals surface area contributed by atoms with E-state index in [1.807, 2.05) is 37.4 Å². The molecule has 8 heteroatoms. The van der Waals surface area contributed by atoms with Gasteiger partial charge in [-0.1, -0.05) is 12.1 Å². The zero-order valence-electron chi connectivity index (χ0n) is 16.8. The van der Waals surface area contributed by atoms with E-state index in [4.69, 9.17) is 0 Å². The summed E-state index contributed by atoms with van der Waals surface area (Å²) in [6.45, 7) is 6.87. The minimum atomic E-state index is -0.999. The van der Waals surface area contributed by atoms with Crippen molar-refractivity contribution in [3.63, 3.8) is 0 Å². The Morgan fingerprint density at radius 1 is 1.34 bits per heavy atom. The number of hydrogen-bond acceptors (Lipinski definition) is 4. The summed E-state index contributed by atoms with van der Waals surface area (Å²) in [6.07, 6.45) is 3.38. The van der Waals surface area contributed by atoms with Gasteiger partial charge in [-0.25, -0.2) is 14.4 Å². The van der Waals surface area contributed by atoms with Gasteiger partial charge in [0.05, 0.1) is 18.8 Å². The molecule has 0 fully saturated rings. The Bertz CT molecular complexity index is 965. The quantitative estimate of drug-likeness (QED) is 0.409. The fourth-order valence-corrected chi connectivity index (χ4v) is 3.70. The number of aliphatic imine (C=N–C) groups is 1. The van der Waals surface area contributed by atoms with Gasteiger partial charge in [0.25, 0.3) is 0 Å². The number of nitrogens with zero attached hydrogens (tertiary/aromatic N) is 3. The first kappa shape index (κ1) is 21.0. The Balaban J connectivity index is 1.68. The number of thiophene rings is 1. The molecule has 1 atom stereocenters. The van der Waals surface area contributed by atoms with Crippen LogP contribution in [-0.4, -0.2) is 33.7 Å². The van der Waals surface area contributed by atoms with Crippen LogP contribution in [0.15, 0.2) is 53.1 Å². The van der Waals surface area contributed by atoms with Gasteiger partial charge < -0.3 is 20.3 Å². The van der Waals surface area contributed by atoms with E-state index in [9.17, 15) is 9.50 Å². The molecule has 0 saturated heterocycles. The van der Waals surface area contributed by atoms with Gasteiger partial charge in [-0.15, -0.1) is 11.3 Å². The number of aliphatic hydroxyl groups is 1. The fraction of sp³-hybridized carbons (Fsp3) is 0.333. The fourth-order valence-electron chi connectivity index (χ4n) is 2.92. The summed E-state index contributed by atoms with van der Waals surface area (Å²) < 4.78 is 16.3. The van der Waals surface area contributed by atoms with Gasteiger partial charge in [0, 0.05) is 23.8 Å². The lowest BCUT2D eigenvalue weighted by molar-refractivity contribution is 0.0655. The van der Waals surface area contributed by atoms with Gasteiger partial charge in [0.2, 0.25) is 0 Å². The summed E-state index contributed by atoms with van der Waals surface area (Å²) in [7, 11) is 0. The van der Waals surface area contributed by atoms with Crippen LogP contribution >= 0.6 is 11.3 Å². The highest BCUT2D eigenvalue weighted by Gasteiger charge is 2.24. The van der Waals surface area contributed by atoms with E-state index < -0.39 is 5.60 Å². The van der Waals surface area contributed by atoms with Crippen molar-refractivity contribution in [1.29, 1.82) is 0 Å². The van der Waals surface area contributed by atoms with Crippen LogP contribution in [0, 0.1) is 12.7 Å². The van der Waals surface area contributed by atoms with Gasteiger partial charge in [-0.05, 0) is 49.9 Å². The minimum absolute atomic E-state index is 0.312. The van der Waals surface area contributed by atoms with Crippen molar-refractivity contribution in [3.8, 4) is 5.69 Å². The van der Waals surface area contributed by atoms with Gasteiger partial charge in [0.15, 0.2) is 5.96 Å². The third kappa shape index (κ3) is 5.21. The molecule has 154 valence electrons. The zero-order chi connectivity index (χ0) is 20.9. The summed E-state index contributed by atoms with van der Waals surface area (Å²) in [5.74, 6) is 0.975. The lowest BCUT2D eigenvalue weighted by Crippen LogP contribution is -2.44. The summed E-state index contributed by atoms with van der Waals surface area (Å²) >= 11 is 1.51. The van der Waals surface area contributed by atoms with E-state index >= 15 is 0 Å². The number of aryl methyl sites for hydroxylation is 1. The molecule has 1 aromatic carbocycles. The summed E-state index contributed by atoms with van der Waals surface area (Å²) in [5.41, 5.74) is 0.219. The molecule has 0 aliphatic carbocycles. The Morgan fingerprint density at radius 3 is 2.79 bits per heavy atom. The molecule has 0 bridgehead atoms.